The van der Waals surface area contributed by atoms with Crippen LogP contribution in [-0.4, -0.2) is 0 Å². The van der Waals surface area contributed by atoms with E-state index in [9.17, 15) is 0 Å². The minimum atomic E-state index is 0.641. The Bertz CT molecular complexity index is 556. The number of rotatable bonds is 5. The normalized spacial score (nSPS) is 10.8. The van der Waals surface area contributed by atoms with Crippen LogP contribution >= 0.6 is 0 Å². The maximum absolute atomic E-state index is 5.91. The molecule has 0 atom stereocenters. The summed E-state index contributed by atoms with van der Waals surface area (Å²) in [6.07, 6.45) is 2.35. The second-order valence-electron chi connectivity index (χ2n) is 5.21. The van der Waals surface area contributed by atoms with Crippen molar-refractivity contribution in [1.29, 1.82) is 0 Å². The maximum atomic E-state index is 5.91. The molecule has 0 aromatic heterocycles. The zero-order valence-electron chi connectivity index (χ0n) is 12.5. The van der Waals surface area contributed by atoms with Crippen LogP contribution in [0.2, 0.25) is 0 Å². The number of hydrogen-bond donors (Lipinski definition) is 1. The van der Waals surface area contributed by atoms with Gasteiger partial charge in [0, 0.05) is 5.69 Å². The molecule has 106 valence electrons. The quantitative estimate of drug-likeness (QED) is 0.750. The first-order valence-corrected chi connectivity index (χ1v) is 7.28. The molecule has 2 aromatic rings. The number of hydrogen-bond acceptors (Lipinski definition) is 2. The largest absolute Gasteiger partial charge is 0.457 e. The second kappa shape index (κ2) is 6.47. The van der Waals surface area contributed by atoms with Crippen molar-refractivity contribution < 1.29 is 4.74 Å². The van der Waals surface area contributed by atoms with E-state index in [4.69, 9.17) is 10.5 Å². The van der Waals surface area contributed by atoms with Crippen LogP contribution in [0.4, 0.5) is 5.69 Å². The predicted molar refractivity (Wildman–Crippen MR) is 85.4 cm³/mol. The summed E-state index contributed by atoms with van der Waals surface area (Å²) in [5.41, 5.74) is 8.95. The van der Waals surface area contributed by atoms with E-state index in [-0.39, 0.29) is 0 Å². The zero-order valence-corrected chi connectivity index (χ0v) is 12.5. The molecular weight excluding hydrogens is 246 g/mol. The molecule has 0 heterocycles. The second-order valence-corrected chi connectivity index (χ2v) is 5.21. The van der Waals surface area contributed by atoms with Crippen molar-refractivity contribution in [3.63, 3.8) is 0 Å². The Morgan fingerprint density at radius 2 is 1.65 bits per heavy atom. The van der Waals surface area contributed by atoms with Gasteiger partial charge in [0.05, 0.1) is 0 Å². The Labute approximate surface area is 121 Å². The van der Waals surface area contributed by atoms with E-state index in [1.165, 1.54) is 18.4 Å². The van der Waals surface area contributed by atoms with Gasteiger partial charge in [-0.15, -0.1) is 0 Å². The average Bonchev–Trinajstić information content (AvgIpc) is 2.45. The van der Waals surface area contributed by atoms with E-state index >= 15 is 0 Å². The number of aryl methyl sites for hydroxylation is 1. The van der Waals surface area contributed by atoms with Crippen LogP contribution in [0.15, 0.2) is 42.5 Å². The van der Waals surface area contributed by atoms with Crippen LogP contribution in [-0.2, 0) is 0 Å². The lowest BCUT2D eigenvalue weighted by Gasteiger charge is -2.14. The zero-order chi connectivity index (χ0) is 14.5. The molecule has 2 nitrogen and oxygen atoms in total. The summed E-state index contributed by atoms with van der Waals surface area (Å²) in [5.74, 6) is 2.37. The number of anilines is 1. The SMILES string of the molecule is CCC(CC)c1ccc(Oc2ccc(N)cc2C)cc1. The van der Waals surface area contributed by atoms with Crippen LogP contribution in [0, 0.1) is 6.92 Å². The molecule has 0 aliphatic carbocycles. The van der Waals surface area contributed by atoms with E-state index in [0.29, 0.717) is 5.92 Å². The van der Waals surface area contributed by atoms with Crippen LogP contribution in [0.25, 0.3) is 0 Å². The molecule has 0 spiro atoms. The molecule has 0 aliphatic rings. The Morgan fingerprint density at radius 3 is 2.20 bits per heavy atom. The molecule has 2 N–H and O–H groups in total. The summed E-state index contributed by atoms with van der Waals surface area (Å²) < 4.78 is 5.91. The number of nitrogen functional groups attached to an aromatic ring is 1. The number of benzene rings is 2. The van der Waals surface area contributed by atoms with E-state index in [0.717, 1.165) is 22.7 Å². The van der Waals surface area contributed by atoms with Gasteiger partial charge >= 0.3 is 0 Å². The van der Waals surface area contributed by atoms with Gasteiger partial charge in [0.15, 0.2) is 0 Å². The maximum Gasteiger partial charge on any atom is 0.130 e. The molecule has 0 aliphatic heterocycles. The van der Waals surface area contributed by atoms with Gasteiger partial charge in [0.25, 0.3) is 0 Å². The third kappa shape index (κ3) is 3.32. The third-order valence-corrected chi connectivity index (χ3v) is 3.76. The van der Waals surface area contributed by atoms with E-state index < -0.39 is 0 Å². The Kier molecular flexibility index (Phi) is 4.67. The van der Waals surface area contributed by atoms with Crippen molar-refractivity contribution in [3.05, 3.63) is 53.6 Å². The van der Waals surface area contributed by atoms with Gasteiger partial charge in [-0.25, -0.2) is 0 Å². The highest BCUT2D eigenvalue weighted by molar-refractivity contribution is 5.48. The van der Waals surface area contributed by atoms with Gasteiger partial charge in [-0.3, -0.25) is 0 Å². The molecule has 2 heteroatoms. The molecule has 0 saturated carbocycles. The number of ether oxygens (including phenoxy) is 1. The Hall–Kier alpha value is -1.96. The van der Waals surface area contributed by atoms with Crippen LogP contribution in [0.1, 0.15) is 43.7 Å². The van der Waals surface area contributed by atoms with Gasteiger partial charge in [-0.05, 0) is 67.1 Å². The highest BCUT2D eigenvalue weighted by atomic mass is 16.5. The molecule has 0 radical (unpaired) electrons. The predicted octanol–water partition coefficient (Wildman–Crippen LogP) is 5.27. The highest BCUT2D eigenvalue weighted by Crippen LogP contribution is 2.29. The van der Waals surface area contributed by atoms with Crippen molar-refractivity contribution in [2.24, 2.45) is 0 Å². The minimum Gasteiger partial charge on any atom is -0.457 e. The monoisotopic (exact) mass is 269 g/mol. The molecule has 0 bridgehead atoms. The third-order valence-electron chi connectivity index (χ3n) is 3.76. The van der Waals surface area contributed by atoms with Gasteiger partial charge in [0.2, 0.25) is 0 Å². The molecule has 0 fully saturated rings. The van der Waals surface area contributed by atoms with Gasteiger partial charge in [-0.1, -0.05) is 26.0 Å². The smallest absolute Gasteiger partial charge is 0.130 e. The van der Waals surface area contributed by atoms with Crippen LogP contribution in [0.3, 0.4) is 0 Å². The molecule has 0 amide bonds. The lowest BCUT2D eigenvalue weighted by atomic mass is 9.94. The van der Waals surface area contributed by atoms with Gasteiger partial charge in [-0.2, -0.15) is 0 Å². The molecule has 2 rings (SSSR count). The minimum absolute atomic E-state index is 0.641. The average molecular weight is 269 g/mol. The number of nitrogens with two attached hydrogens (primary N) is 1. The molecule has 0 saturated heterocycles. The Morgan fingerprint density at radius 1 is 1.00 bits per heavy atom. The first-order valence-electron chi connectivity index (χ1n) is 7.28. The first kappa shape index (κ1) is 14.4. The lowest BCUT2D eigenvalue weighted by Crippen LogP contribution is -1.95. The van der Waals surface area contributed by atoms with Crippen molar-refractivity contribution in [2.45, 2.75) is 39.5 Å². The highest BCUT2D eigenvalue weighted by Gasteiger charge is 2.07. The summed E-state index contributed by atoms with van der Waals surface area (Å²) in [7, 11) is 0. The Balaban J connectivity index is 2.14. The summed E-state index contributed by atoms with van der Waals surface area (Å²) in [4.78, 5) is 0. The summed E-state index contributed by atoms with van der Waals surface area (Å²) >= 11 is 0. The van der Waals surface area contributed by atoms with Crippen molar-refractivity contribution in [1.82, 2.24) is 0 Å². The van der Waals surface area contributed by atoms with Gasteiger partial charge < -0.3 is 10.5 Å². The van der Waals surface area contributed by atoms with E-state index in [2.05, 4.69) is 26.0 Å². The summed E-state index contributed by atoms with van der Waals surface area (Å²) in [5, 5.41) is 0. The van der Waals surface area contributed by atoms with Gasteiger partial charge in [0.1, 0.15) is 11.5 Å². The molecule has 2 aromatic carbocycles. The standard InChI is InChI=1S/C18H23NO/c1-4-14(5-2)15-6-9-17(10-7-15)20-18-11-8-16(19)12-13(18)3/h6-12,14H,4-5,19H2,1-3H3. The van der Waals surface area contributed by atoms with E-state index in [1.807, 2.05) is 37.3 Å². The van der Waals surface area contributed by atoms with Crippen LogP contribution in [0.5, 0.6) is 11.5 Å². The van der Waals surface area contributed by atoms with Crippen molar-refractivity contribution in [3.8, 4) is 11.5 Å². The lowest BCUT2D eigenvalue weighted by molar-refractivity contribution is 0.478. The fraction of sp³-hybridized carbons (Fsp3) is 0.333. The van der Waals surface area contributed by atoms with Crippen LogP contribution < -0.4 is 10.5 Å². The topological polar surface area (TPSA) is 35.2 Å². The fourth-order valence-electron chi connectivity index (χ4n) is 2.48. The first-order chi connectivity index (χ1) is 9.63. The molecular formula is C18H23NO. The summed E-state index contributed by atoms with van der Waals surface area (Å²) in [6, 6.07) is 14.1. The van der Waals surface area contributed by atoms with Crippen molar-refractivity contribution in [2.75, 3.05) is 5.73 Å². The molecule has 20 heavy (non-hydrogen) atoms. The van der Waals surface area contributed by atoms with E-state index in [1.54, 1.807) is 0 Å². The molecule has 0 unspecified atom stereocenters. The van der Waals surface area contributed by atoms with Crippen molar-refractivity contribution >= 4 is 5.69 Å². The fourth-order valence-corrected chi connectivity index (χ4v) is 2.48. The summed E-state index contributed by atoms with van der Waals surface area (Å²) in [6.45, 7) is 6.47.